The molecule has 1 atom stereocenters. The summed E-state index contributed by atoms with van der Waals surface area (Å²) < 4.78 is 0. The third kappa shape index (κ3) is 5.28. The summed E-state index contributed by atoms with van der Waals surface area (Å²) in [6.07, 6.45) is 13.0. The summed E-state index contributed by atoms with van der Waals surface area (Å²) in [4.78, 5) is 19.8. The molecule has 1 saturated carbocycles. The molecule has 4 N–H and O–H groups in total. The van der Waals surface area contributed by atoms with Gasteiger partial charge in [-0.15, -0.1) is 11.3 Å². The first-order valence-electron chi connectivity index (χ1n) is 10.1. The summed E-state index contributed by atoms with van der Waals surface area (Å²) in [6, 6.07) is 8.32. The molecular weight excluding hydrogens is 368 g/mol. The zero-order chi connectivity index (χ0) is 19.8. The highest BCUT2D eigenvalue weighted by molar-refractivity contribution is 7.17. The van der Waals surface area contributed by atoms with Crippen molar-refractivity contribution in [2.24, 2.45) is 11.7 Å². The van der Waals surface area contributed by atoms with Gasteiger partial charge in [0.25, 0.3) is 0 Å². The highest BCUT2D eigenvalue weighted by Gasteiger charge is 2.16. The lowest BCUT2D eigenvalue weighted by atomic mass is 9.85. The van der Waals surface area contributed by atoms with Crippen LogP contribution in [0, 0.1) is 5.92 Å². The van der Waals surface area contributed by atoms with E-state index in [-0.39, 0.29) is 0 Å². The fourth-order valence-electron chi connectivity index (χ4n) is 3.89. The van der Waals surface area contributed by atoms with Crippen LogP contribution in [0.2, 0.25) is 0 Å². The Bertz CT molecular complexity index is 862. The van der Waals surface area contributed by atoms with E-state index in [4.69, 9.17) is 5.73 Å². The molecular formula is C22H30N4OS. The van der Waals surface area contributed by atoms with Crippen molar-refractivity contribution in [3.8, 4) is 10.4 Å². The zero-order valence-corrected chi connectivity index (χ0v) is 17.3. The van der Waals surface area contributed by atoms with Crippen LogP contribution >= 0.6 is 11.3 Å². The Kier molecular flexibility index (Phi) is 7.77. The van der Waals surface area contributed by atoms with E-state index in [0.29, 0.717) is 6.04 Å². The van der Waals surface area contributed by atoms with E-state index < -0.39 is 0 Å². The molecule has 1 aliphatic rings. The predicted molar refractivity (Wildman–Crippen MR) is 118 cm³/mol. The summed E-state index contributed by atoms with van der Waals surface area (Å²) in [7, 11) is 2.01. The van der Waals surface area contributed by atoms with E-state index in [1.807, 2.05) is 37.5 Å². The van der Waals surface area contributed by atoms with Crippen molar-refractivity contribution in [1.82, 2.24) is 15.3 Å². The van der Waals surface area contributed by atoms with Gasteiger partial charge in [-0.3, -0.25) is 4.79 Å². The molecule has 0 bridgehead atoms. The molecule has 5 nitrogen and oxygen atoms in total. The molecule has 0 amide bonds. The number of nitrogens with zero attached hydrogens (tertiary/aromatic N) is 1. The van der Waals surface area contributed by atoms with Crippen molar-refractivity contribution >= 4 is 28.7 Å². The molecule has 3 heterocycles. The molecule has 1 unspecified atom stereocenters. The van der Waals surface area contributed by atoms with Gasteiger partial charge in [0, 0.05) is 40.8 Å². The van der Waals surface area contributed by atoms with Gasteiger partial charge in [0.1, 0.15) is 5.65 Å². The SMILES string of the molecule is CNC(CN)CC1CCCCC1.O=Cc1ccc(-c2ccnc3[nH]ccc23)s1. The van der Waals surface area contributed by atoms with Gasteiger partial charge in [-0.1, -0.05) is 32.1 Å². The first kappa shape index (κ1) is 20.7. The minimum absolute atomic E-state index is 0.549. The van der Waals surface area contributed by atoms with Crippen molar-refractivity contribution in [2.45, 2.75) is 44.6 Å². The van der Waals surface area contributed by atoms with Crippen LogP contribution in [0.25, 0.3) is 21.5 Å². The van der Waals surface area contributed by atoms with Gasteiger partial charge in [-0.25, -0.2) is 4.98 Å². The Morgan fingerprint density at radius 1 is 1.29 bits per heavy atom. The molecule has 1 fully saturated rings. The number of nitrogens with two attached hydrogens (primary N) is 1. The molecule has 0 radical (unpaired) electrons. The van der Waals surface area contributed by atoms with E-state index in [0.717, 1.165) is 45.1 Å². The minimum Gasteiger partial charge on any atom is -0.346 e. The first-order chi connectivity index (χ1) is 13.7. The lowest BCUT2D eigenvalue weighted by Crippen LogP contribution is -2.35. The summed E-state index contributed by atoms with van der Waals surface area (Å²) in [5.74, 6) is 0.944. The lowest BCUT2D eigenvalue weighted by molar-refractivity contribution is 0.112. The van der Waals surface area contributed by atoms with Gasteiger partial charge < -0.3 is 16.0 Å². The summed E-state index contributed by atoms with van der Waals surface area (Å²) in [5, 5.41) is 4.36. The van der Waals surface area contributed by atoms with Crippen molar-refractivity contribution in [3.05, 3.63) is 41.5 Å². The number of rotatable bonds is 6. The minimum atomic E-state index is 0.549. The number of carbonyl (C=O) groups is 1. The maximum absolute atomic E-state index is 10.7. The molecule has 0 spiro atoms. The van der Waals surface area contributed by atoms with Gasteiger partial charge in [0.05, 0.1) is 4.88 Å². The van der Waals surface area contributed by atoms with Gasteiger partial charge in [0.2, 0.25) is 0 Å². The first-order valence-corrected chi connectivity index (χ1v) is 10.9. The molecule has 150 valence electrons. The molecule has 1 aliphatic carbocycles. The van der Waals surface area contributed by atoms with Gasteiger partial charge in [-0.2, -0.15) is 0 Å². The molecule has 0 aliphatic heterocycles. The van der Waals surface area contributed by atoms with Crippen LogP contribution in [0.1, 0.15) is 48.2 Å². The highest BCUT2D eigenvalue weighted by atomic mass is 32.1. The molecule has 0 saturated heterocycles. The third-order valence-corrected chi connectivity index (χ3v) is 6.55. The number of carbonyl (C=O) groups excluding carboxylic acids is 1. The van der Waals surface area contributed by atoms with Gasteiger partial charge in [0.15, 0.2) is 6.29 Å². The molecule has 3 aromatic heterocycles. The largest absolute Gasteiger partial charge is 0.346 e. The molecule has 0 aromatic carbocycles. The molecule has 3 aromatic rings. The second-order valence-electron chi connectivity index (χ2n) is 7.38. The second-order valence-corrected chi connectivity index (χ2v) is 8.49. The van der Waals surface area contributed by atoms with E-state index in [1.165, 1.54) is 49.9 Å². The number of nitrogens with one attached hydrogen (secondary N) is 2. The van der Waals surface area contributed by atoms with Crippen LogP contribution in [0.15, 0.2) is 36.7 Å². The molecule has 6 heteroatoms. The maximum atomic E-state index is 10.7. The number of aromatic nitrogens is 2. The normalized spacial score (nSPS) is 15.8. The number of likely N-dealkylation sites (N-methyl/N-ethyl adjacent to an activating group) is 1. The summed E-state index contributed by atoms with van der Waals surface area (Å²) in [6.45, 7) is 0.785. The third-order valence-electron chi connectivity index (χ3n) is 5.50. The fraction of sp³-hybridized carbons (Fsp3) is 0.455. The monoisotopic (exact) mass is 398 g/mol. The van der Waals surface area contributed by atoms with Crippen LogP contribution in [-0.2, 0) is 0 Å². The Hall–Kier alpha value is -2.02. The smallest absolute Gasteiger partial charge is 0.160 e. The van der Waals surface area contributed by atoms with Crippen molar-refractivity contribution in [2.75, 3.05) is 13.6 Å². The topological polar surface area (TPSA) is 83.8 Å². The van der Waals surface area contributed by atoms with Crippen LogP contribution in [0.3, 0.4) is 0 Å². The van der Waals surface area contributed by atoms with E-state index >= 15 is 0 Å². The number of hydrogen-bond acceptors (Lipinski definition) is 5. The van der Waals surface area contributed by atoms with Crippen molar-refractivity contribution in [3.63, 3.8) is 0 Å². The number of pyridine rings is 1. The second kappa shape index (κ2) is 10.5. The van der Waals surface area contributed by atoms with E-state index in [2.05, 4.69) is 15.3 Å². The summed E-state index contributed by atoms with van der Waals surface area (Å²) in [5.41, 5.74) is 7.63. The average molecular weight is 399 g/mol. The lowest BCUT2D eigenvalue weighted by Gasteiger charge is -2.25. The van der Waals surface area contributed by atoms with E-state index in [1.54, 1.807) is 6.20 Å². The number of hydrogen-bond donors (Lipinski definition) is 3. The average Bonchev–Trinajstić information content (AvgIpc) is 3.42. The zero-order valence-electron chi connectivity index (χ0n) is 16.5. The highest BCUT2D eigenvalue weighted by Crippen LogP contribution is 2.32. The number of aromatic amines is 1. The molecule has 4 rings (SSSR count). The number of aldehydes is 1. The van der Waals surface area contributed by atoms with Crippen LogP contribution in [0.5, 0.6) is 0 Å². The Balaban J connectivity index is 0.000000169. The van der Waals surface area contributed by atoms with Gasteiger partial charge >= 0.3 is 0 Å². The van der Waals surface area contributed by atoms with E-state index in [9.17, 15) is 4.79 Å². The molecule has 28 heavy (non-hydrogen) atoms. The van der Waals surface area contributed by atoms with Crippen LogP contribution < -0.4 is 11.1 Å². The quantitative estimate of drug-likeness (QED) is 0.530. The Morgan fingerprint density at radius 3 is 2.79 bits per heavy atom. The fourth-order valence-corrected chi connectivity index (χ4v) is 4.76. The summed E-state index contributed by atoms with van der Waals surface area (Å²) >= 11 is 1.49. The number of fused-ring (bicyclic) bond motifs is 1. The maximum Gasteiger partial charge on any atom is 0.160 e. The predicted octanol–water partition coefficient (Wildman–Crippen LogP) is 4.61. The van der Waals surface area contributed by atoms with Gasteiger partial charge in [-0.05, 0) is 43.7 Å². The Labute approximate surface area is 170 Å². The standard InChI is InChI=1S/C12H8N2OS.C10H22N2/c15-7-8-1-2-11(16-8)9-3-5-13-12-10(9)4-6-14-12;1-12-10(8-11)7-9-5-3-2-4-6-9/h1-7H,(H,13,14);9-10,12H,2-8,11H2,1H3. The number of H-pyrrole nitrogens is 1. The van der Waals surface area contributed by atoms with Crippen LogP contribution in [0.4, 0.5) is 0 Å². The number of thiophene rings is 1. The van der Waals surface area contributed by atoms with Crippen LogP contribution in [-0.4, -0.2) is 35.9 Å². The Morgan fingerprint density at radius 2 is 2.11 bits per heavy atom. The van der Waals surface area contributed by atoms with Crippen molar-refractivity contribution in [1.29, 1.82) is 0 Å². The van der Waals surface area contributed by atoms with Crippen molar-refractivity contribution < 1.29 is 4.79 Å².